The summed E-state index contributed by atoms with van der Waals surface area (Å²) in [6.07, 6.45) is 0.479. The molecule has 0 spiro atoms. The highest BCUT2D eigenvalue weighted by Gasteiger charge is 2.16. The quantitative estimate of drug-likeness (QED) is 0.888. The smallest absolute Gasteiger partial charge is 0.126 e. The molecule has 0 aliphatic carbocycles. The molecule has 0 bridgehead atoms. The summed E-state index contributed by atoms with van der Waals surface area (Å²) in [5, 5.41) is 1.17. The molecule has 2 aromatic rings. The van der Waals surface area contributed by atoms with Crippen molar-refractivity contribution >= 4 is 23.2 Å². The van der Waals surface area contributed by atoms with E-state index in [4.69, 9.17) is 28.9 Å². The molecule has 1 atom stereocenters. The summed E-state index contributed by atoms with van der Waals surface area (Å²) < 4.78 is 13.8. The molecule has 2 N–H and O–H groups in total. The number of hydrogen-bond acceptors (Lipinski definition) is 1. The van der Waals surface area contributed by atoms with Crippen molar-refractivity contribution in [3.63, 3.8) is 0 Å². The Balaban J connectivity index is 2.29. The van der Waals surface area contributed by atoms with Gasteiger partial charge in [0.25, 0.3) is 0 Å². The molecule has 0 amide bonds. The van der Waals surface area contributed by atoms with Crippen molar-refractivity contribution in [1.29, 1.82) is 0 Å². The second-order valence-corrected chi connectivity index (χ2v) is 5.24. The number of halogens is 3. The van der Waals surface area contributed by atoms with Crippen molar-refractivity contribution in [3.8, 4) is 0 Å². The molecule has 0 aromatic heterocycles. The monoisotopic (exact) mass is 297 g/mol. The van der Waals surface area contributed by atoms with Crippen LogP contribution in [0.5, 0.6) is 0 Å². The van der Waals surface area contributed by atoms with Gasteiger partial charge < -0.3 is 5.73 Å². The third kappa shape index (κ3) is 3.47. The molecule has 2 rings (SSSR count). The fourth-order valence-corrected chi connectivity index (χ4v) is 2.58. The number of hydrogen-bond donors (Lipinski definition) is 1. The third-order valence-corrected chi connectivity index (χ3v) is 3.68. The molecule has 2 aromatic carbocycles. The van der Waals surface area contributed by atoms with E-state index in [2.05, 4.69) is 0 Å². The van der Waals surface area contributed by atoms with Crippen molar-refractivity contribution in [2.24, 2.45) is 5.73 Å². The van der Waals surface area contributed by atoms with Gasteiger partial charge in [0.05, 0.1) is 0 Å². The SMILES string of the molecule is NCC(Cc1cc(Cl)ccc1F)c1ccccc1Cl. The van der Waals surface area contributed by atoms with Crippen LogP contribution in [-0.2, 0) is 6.42 Å². The lowest BCUT2D eigenvalue weighted by Crippen LogP contribution is -2.16. The van der Waals surface area contributed by atoms with E-state index >= 15 is 0 Å². The maximum Gasteiger partial charge on any atom is 0.126 e. The van der Waals surface area contributed by atoms with Crippen LogP contribution in [0.25, 0.3) is 0 Å². The Morgan fingerprint density at radius 1 is 1.11 bits per heavy atom. The van der Waals surface area contributed by atoms with Crippen LogP contribution in [0.2, 0.25) is 10.0 Å². The van der Waals surface area contributed by atoms with Crippen molar-refractivity contribution in [2.45, 2.75) is 12.3 Å². The van der Waals surface area contributed by atoms with Crippen LogP contribution in [-0.4, -0.2) is 6.54 Å². The van der Waals surface area contributed by atoms with Crippen LogP contribution < -0.4 is 5.73 Å². The van der Waals surface area contributed by atoms with E-state index in [0.29, 0.717) is 28.6 Å². The number of rotatable bonds is 4. The molecule has 4 heteroatoms. The molecule has 0 saturated heterocycles. The zero-order chi connectivity index (χ0) is 13.8. The van der Waals surface area contributed by atoms with E-state index in [0.717, 1.165) is 5.56 Å². The molecule has 100 valence electrons. The summed E-state index contributed by atoms with van der Waals surface area (Å²) in [6, 6.07) is 12.0. The molecule has 0 aliphatic heterocycles. The number of nitrogens with two attached hydrogens (primary N) is 1. The van der Waals surface area contributed by atoms with Gasteiger partial charge in [-0.05, 0) is 48.4 Å². The van der Waals surface area contributed by atoms with Crippen molar-refractivity contribution in [3.05, 3.63) is 69.5 Å². The van der Waals surface area contributed by atoms with Gasteiger partial charge in [0.15, 0.2) is 0 Å². The van der Waals surface area contributed by atoms with Gasteiger partial charge in [-0.15, -0.1) is 0 Å². The summed E-state index contributed by atoms with van der Waals surface area (Å²) in [5.41, 5.74) is 7.29. The summed E-state index contributed by atoms with van der Waals surface area (Å²) in [4.78, 5) is 0. The van der Waals surface area contributed by atoms with Crippen LogP contribution in [0.3, 0.4) is 0 Å². The first-order valence-electron chi connectivity index (χ1n) is 6.00. The summed E-state index contributed by atoms with van der Waals surface area (Å²) in [5.74, 6) is -0.295. The van der Waals surface area contributed by atoms with Gasteiger partial charge in [0, 0.05) is 16.0 Å². The lowest BCUT2D eigenvalue weighted by atomic mass is 9.92. The van der Waals surface area contributed by atoms with Crippen molar-refractivity contribution < 1.29 is 4.39 Å². The van der Waals surface area contributed by atoms with E-state index in [1.54, 1.807) is 6.07 Å². The summed E-state index contributed by atoms with van der Waals surface area (Å²) in [7, 11) is 0. The normalized spacial score (nSPS) is 12.4. The molecule has 1 nitrogen and oxygen atoms in total. The minimum atomic E-state index is -0.269. The average molecular weight is 298 g/mol. The van der Waals surface area contributed by atoms with E-state index in [1.165, 1.54) is 12.1 Å². The maximum absolute atomic E-state index is 13.8. The van der Waals surface area contributed by atoms with E-state index in [-0.39, 0.29) is 11.7 Å². The standard InChI is InChI=1S/C15H14Cl2FN/c16-12-5-6-15(18)10(8-12)7-11(9-19)13-3-1-2-4-14(13)17/h1-6,8,11H,7,9,19H2. The van der Waals surface area contributed by atoms with Gasteiger partial charge in [-0.3, -0.25) is 0 Å². The fraction of sp³-hybridized carbons (Fsp3) is 0.200. The predicted molar refractivity (Wildman–Crippen MR) is 78.4 cm³/mol. The van der Waals surface area contributed by atoms with Crippen molar-refractivity contribution in [1.82, 2.24) is 0 Å². The highest BCUT2D eigenvalue weighted by Crippen LogP contribution is 2.28. The molecular formula is C15H14Cl2FN. The zero-order valence-electron chi connectivity index (χ0n) is 10.2. The average Bonchev–Trinajstić information content (AvgIpc) is 2.41. The molecule has 1 unspecified atom stereocenters. The molecular weight excluding hydrogens is 284 g/mol. The van der Waals surface area contributed by atoms with Gasteiger partial charge in [0.1, 0.15) is 5.82 Å². The minimum Gasteiger partial charge on any atom is -0.330 e. The molecule has 0 aliphatic rings. The molecule has 19 heavy (non-hydrogen) atoms. The Labute approximate surface area is 122 Å². The molecule has 0 fully saturated rings. The van der Waals surface area contributed by atoms with Gasteiger partial charge in [-0.1, -0.05) is 41.4 Å². The largest absolute Gasteiger partial charge is 0.330 e. The first-order valence-corrected chi connectivity index (χ1v) is 6.76. The van der Waals surface area contributed by atoms with E-state index in [1.807, 2.05) is 24.3 Å². The lowest BCUT2D eigenvalue weighted by molar-refractivity contribution is 0.590. The number of benzene rings is 2. The van der Waals surface area contributed by atoms with Crippen LogP contribution in [0.15, 0.2) is 42.5 Å². The minimum absolute atomic E-state index is 0.0262. The Hall–Kier alpha value is -1.09. The Kier molecular flexibility index (Phi) is 4.81. The second kappa shape index (κ2) is 6.38. The molecule has 0 radical (unpaired) electrons. The van der Waals surface area contributed by atoms with Crippen molar-refractivity contribution in [2.75, 3.05) is 6.54 Å². The molecule has 0 saturated carbocycles. The van der Waals surface area contributed by atoms with Gasteiger partial charge >= 0.3 is 0 Å². The summed E-state index contributed by atoms with van der Waals surface area (Å²) >= 11 is 12.1. The van der Waals surface area contributed by atoms with Gasteiger partial charge in [0.2, 0.25) is 0 Å². The lowest BCUT2D eigenvalue weighted by Gasteiger charge is -2.17. The Bertz CT molecular complexity index is 572. The van der Waals surface area contributed by atoms with Gasteiger partial charge in [-0.25, -0.2) is 4.39 Å². The Morgan fingerprint density at radius 2 is 1.84 bits per heavy atom. The first-order chi connectivity index (χ1) is 9.11. The zero-order valence-corrected chi connectivity index (χ0v) is 11.8. The van der Waals surface area contributed by atoms with Crippen LogP contribution in [0, 0.1) is 5.82 Å². The second-order valence-electron chi connectivity index (χ2n) is 4.39. The third-order valence-electron chi connectivity index (χ3n) is 3.10. The highest BCUT2D eigenvalue weighted by atomic mass is 35.5. The molecule has 0 heterocycles. The maximum atomic E-state index is 13.8. The highest BCUT2D eigenvalue weighted by molar-refractivity contribution is 6.31. The van der Waals surface area contributed by atoms with Crippen LogP contribution >= 0.6 is 23.2 Å². The topological polar surface area (TPSA) is 26.0 Å². The van der Waals surface area contributed by atoms with Gasteiger partial charge in [-0.2, -0.15) is 0 Å². The Morgan fingerprint density at radius 3 is 2.53 bits per heavy atom. The van der Waals surface area contributed by atoms with E-state index in [9.17, 15) is 4.39 Å². The van der Waals surface area contributed by atoms with E-state index < -0.39 is 0 Å². The van der Waals surface area contributed by atoms with Crippen LogP contribution in [0.1, 0.15) is 17.0 Å². The predicted octanol–water partition coefficient (Wildman–Crippen LogP) is 4.42. The first kappa shape index (κ1) is 14.3. The fourth-order valence-electron chi connectivity index (χ4n) is 2.09. The van der Waals surface area contributed by atoms with Crippen LogP contribution in [0.4, 0.5) is 4.39 Å². The summed E-state index contributed by atoms with van der Waals surface area (Å²) in [6.45, 7) is 0.398.